The number of nitrogens with two attached hydrogens (primary N) is 1. The number of nitrogens with one attached hydrogen (secondary N) is 1. The zero-order chi connectivity index (χ0) is 14.8. The molecule has 1 aliphatic heterocycles. The highest BCUT2D eigenvalue weighted by atomic mass is 32.1. The van der Waals surface area contributed by atoms with Gasteiger partial charge in [0.1, 0.15) is 11.6 Å². The third-order valence-electron chi connectivity index (χ3n) is 3.76. The van der Waals surface area contributed by atoms with Crippen LogP contribution in [0.4, 0.5) is 10.1 Å². The van der Waals surface area contributed by atoms with Crippen LogP contribution in [0.2, 0.25) is 0 Å². The summed E-state index contributed by atoms with van der Waals surface area (Å²) in [5.74, 6) is -0.440. The second-order valence-electron chi connectivity index (χ2n) is 5.14. The summed E-state index contributed by atoms with van der Waals surface area (Å²) in [5.41, 5.74) is 6.35. The Morgan fingerprint density at radius 1 is 1.33 bits per heavy atom. The number of benzene rings is 1. The van der Waals surface area contributed by atoms with Crippen LogP contribution in [0.1, 0.15) is 16.5 Å². The van der Waals surface area contributed by atoms with E-state index in [0.29, 0.717) is 5.56 Å². The normalized spacial score (nSPS) is 17.8. The average Bonchev–Trinajstić information content (AvgIpc) is 2.99. The Labute approximate surface area is 127 Å². The third-order valence-corrected chi connectivity index (χ3v) is 4.68. The first kappa shape index (κ1) is 14.3. The molecule has 1 saturated heterocycles. The van der Waals surface area contributed by atoms with Gasteiger partial charge >= 0.3 is 0 Å². The fraction of sp³-hybridized carbons (Fsp3) is 0.333. The number of rotatable bonds is 3. The van der Waals surface area contributed by atoms with Crippen molar-refractivity contribution in [1.29, 1.82) is 0 Å². The number of anilines is 1. The molecule has 4 nitrogen and oxygen atoms in total. The van der Waals surface area contributed by atoms with Gasteiger partial charge in [-0.1, -0.05) is 6.07 Å². The summed E-state index contributed by atoms with van der Waals surface area (Å²) in [6, 6.07) is 6.36. The van der Waals surface area contributed by atoms with Gasteiger partial charge in [-0.15, -0.1) is 11.3 Å². The summed E-state index contributed by atoms with van der Waals surface area (Å²) in [4.78, 5) is 3.33. The predicted molar refractivity (Wildman–Crippen MR) is 83.1 cm³/mol. The number of nitrogen functional groups attached to an aromatic ring is 1. The summed E-state index contributed by atoms with van der Waals surface area (Å²) in [6.07, 6.45) is 0. The van der Waals surface area contributed by atoms with Crippen molar-refractivity contribution in [3.63, 3.8) is 0 Å². The molecule has 0 radical (unpaired) electrons. The molecule has 0 amide bonds. The van der Waals surface area contributed by atoms with E-state index >= 15 is 0 Å². The SMILES string of the molecule is Nc1cc(F)cc([C@@H](c2cccs2)N2CCNCC2)c1O. The first-order valence-electron chi connectivity index (χ1n) is 6.93. The van der Waals surface area contributed by atoms with E-state index in [0.717, 1.165) is 37.1 Å². The minimum Gasteiger partial charge on any atom is -0.505 e. The maximum Gasteiger partial charge on any atom is 0.143 e. The molecule has 112 valence electrons. The first-order valence-corrected chi connectivity index (χ1v) is 7.81. The van der Waals surface area contributed by atoms with E-state index in [1.165, 1.54) is 6.07 Å². The molecule has 21 heavy (non-hydrogen) atoms. The zero-order valence-electron chi connectivity index (χ0n) is 11.6. The Kier molecular flexibility index (Phi) is 4.10. The van der Waals surface area contributed by atoms with E-state index in [4.69, 9.17) is 5.73 Å². The van der Waals surface area contributed by atoms with Gasteiger partial charge in [-0.2, -0.15) is 0 Å². The topological polar surface area (TPSA) is 61.5 Å². The molecule has 0 spiro atoms. The highest BCUT2D eigenvalue weighted by molar-refractivity contribution is 7.10. The van der Waals surface area contributed by atoms with Gasteiger partial charge in [-0.3, -0.25) is 4.90 Å². The van der Waals surface area contributed by atoms with Crippen LogP contribution in [0.25, 0.3) is 0 Å². The van der Waals surface area contributed by atoms with E-state index in [9.17, 15) is 9.50 Å². The van der Waals surface area contributed by atoms with Crippen molar-refractivity contribution in [2.75, 3.05) is 31.9 Å². The molecule has 3 rings (SSSR count). The largest absolute Gasteiger partial charge is 0.505 e. The Balaban J connectivity index is 2.07. The number of phenolic OH excluding ortho intramolecular Hbond substituents is 1. The van der Waals surface area contributed by atoms with E-state index in [2.05, 4.69) is 10.2 Å². The van der Waals surface area contributed by atoms with Crippen molar-refractivity contribution in [2.24, 2.45) is 0 Å². The highest BCUT2D eigenvalue weighted by Gasteiger charge is 2.28. The second kappa shape index (κ2) is 6.01. The van der Waals surface area contributed by atoms with Gasteiger partial charge in [0.25, 0.3) is 0 Å². The first-order chi connectivity index (χ1) is 10.2. The van der Waals surface area contributed by atoms with Crippen molar-refractivity contribution in [1.82, 2.24) is 10.2 Å². The van der Waals surface area contributed by atoms with Crippen molar-refractivity contribution in [3.05, 3.63) is 45.9 Å². The summed E-state index contributed by atoms with van der Waals surface area (Å²) in [6.45, 7) is 3.46. The van der Waals surface area contributed by atoms with Gasteiger partial charge in [0.15, 0.2) is 0 Å². The molecule has 1 aliphatic rings. The molecule has 2 heterocycles. The lowest BCUT2D eigenvalue weighted by Crippen LogP contribution is -2.45. The van der Waals surface area contributed by atoms with E-state index in [-0.39, 0.29) is 17.5 Å². The van der Waals surface area contributed by atoms with Crippen LogP contribution in [0.3, 0.4) is 0 Å². The highest BCUT2D eigenvalue weighted by Crippen LogP contribution is 2.39. The minimum atomic E-state index is -0.419. The smallest absolute Gasteiger partial charge is 0.143 e. The average molecular weight is 307 g/mol. The number of hydrogen-bond acceptors (Lipinski definition) is 5. The summed E-state index contributed by atoms with van der Waals surface area (Å²) < 4.78 is 13.8. The number of aromatic hydroxyl groups is 1. The van der Waals surface area contributed by atoms with Crippen LogP contribution < -0.4 is 11.1 Å². The van der Waals surface area contributed by atoms with Gasteiger partial charge < -0.3 is 16.2 Å². The van der Waals surface area contributed by atoms with Gasteiger partial charge in [-0.05, 0) is 17.5 Å². The van der Waals surface area contributed by atoms with Crippen LogP contribution >= 0.6 is 11.3 Å². The zero-order valence-corrected chi connectivity index (χ0v) is 12.4. The Morgan fingerprint density at radius 2 is 2.10 bits per heavy atom. The molecule has 2 aromatic rings. The van der Waals surface area contributed by atoms with Crippen LogP contribution in [0, 0.1) is 5.82 Å². The van der Waals surface area contributed by atoms with Crippen LogP contribution in [0.15, 0.2) is 29.6 Å². The molecule has 1 fully saturated rings. The molecule has 6 heteroatoms. The van der Waals surface area contributed by atoms with Crippen LogP contribution in [-0.2, 0) is 0 Å². The molecule has 0 aliphatic carbocycles. The molecule has 0 bridgehead atoms. The lowest BCUT2D eigenvalue weighted by Gasteiger charge is -2.35. The Hall–Kier alpha value is -1.63. The molecule has 1 aromatic carbocycles. The summed E-state index contributed by atoms with van der Waals surface area (Å²) in [7, 11) is 0. The number of nitrogens with zero attached hydrogens (tertiary/aromatic N) is 1. The number of thiophene rings is 1. The molecule has 4 N–H and O–H groups in total. The predicted octanol–water partition coefficient (Wildman–Crippen LogP) is 2.17. The van der Waals surface area contributed by atoms with E-state index < -0.39 is 5.82 Å². The fourth-order valence-electron chi connectivity index (χ4n) is 2.77. The number of hydrogen-bond donors (Lipinski definition) is 3. The van der Waals surface area contributed by atoms with Gasteiger partial charge in [0.05, 0.1) is 11.7 Å². The van der Waals surface area contributed by atoms with Crippen molar-refractivity contribution >= 4 is 17.0 Å². The maximum atomic E-state index is 13.8. The number of piperazine rings is 1. The fourth-order valence-corrected chi connectivity index (χ4v) is 3.64. The van der Waals surface area contributed by atoms with Crippen LogP contribution in [-0.4, -0.2) is 36.2 Å². The number of halogens is 1. The van der Waals surface area contributed by atoms with E-state index in [1.807, 2.05) is 17.5 Å². The Morgan fingerprint density at radius 3 is 2.76 bits per heavy atom. The van der Waals surface area contributed by atoms with Crippen LogP contribution in [0.5, 0.6) is 5.75 Å². The van der Waals surface area contributed by atoms with Gasteiger partial charge in [0.2, 0.25) is 0 Å². The standard InChI is InChI=1S/C15H18FN3OS/c16-10-8-11(15(20)12(17)9-10)14(13-2-1-7-21-13)19-5-3-18-4-6-19/h1-2,7-9,14,18,20H,3-6,17H2/t14-/m0/s1. The lowest BCUT2D eigenvalue weighted by atomic mass is 10.0. The minimum absolute atomic E-state index is 0.0201. The maximum absolute atomic E-state index is 13.8. The molecule has 0 saturated carbocycles. The van der Waals surface area contributed by atoms with Crippen molar-refractivity contribution < 1.29 is 9.50 Å². The summed E-state index contributed by atoms with van der Waals surface area (Å²) >= 11 is 1.60. The quantitative estimate of drug-likeness (QED) is 0.601. The summed E-state index contributed by atoms with van der Waals surface area (Å²) in [5, 5.41) is 15.6. The Bertz CT molecular complexity index is 612. The van der Waals surface area contributed by atoms with Crippen molar-refractivity contribution in [3.8, 4) is 5.75 Å². The molecule has 1 aromatic heterocycles. The molecular weight excluding hydrogens is 289 g/mol. The monoisotopic (exact) mass is 307 g/mol. The molecular formula is C15H18FN3OS. The van der Waals surface area contributed by atoms with Crippen molar-refractivity contribution in [2.45, 2.75) is 6.04 Å². The molecule has 1 atom stereocenters. The lowest BCUT2D eigenvalue weighted by molar-refractivity contribution is 0.198. The van der Waals surface area contributed by atoms with Gasteiger partial charge in [-0.25, -0.2) is 4.39 Å². The molecule has 0 unspecified atom stereocenters. The number of phenols is 1. The third kappa shape index (κ3) is 2.88. The second-order valence-corrected chi connectivity index (χ2v) is 6.12. The van der Waals surface area contributed by atoms with E-state index in [1.54, 1.807) is 11.3 Å². The van der Waals surface area contributed by atoms with Gasteiger partial charge in [0, 0.05) is 42.7 Å².